The van der Waals surface area contributed by atoms with E-state index >= 15 is 0 Å². The van der Waals surface area contributed by atoms with Gasteiger partial charge in [0.05, 0.1) is 24.0 Å². The second-order valence-corrected chi connectivity index (χ2v) is 7.02. The normalized spacial score (nSPS) is 12.4. The average Bonchev–Trinajstić information content (AvgIpc) is 3.08. The van der Waals surface area contributed by atoms with Gasteiger partial charge in [-0.05, 0) is 40.7 Å². The van der Waals surface area contributed by atoms with Gasteiger partial charge in [0.1, 0.15) is 11.7 Å². The lowest BCUT2D eigenvalue weighted by atomic mass is 10.1. The van der Waals surface area contributed by atoms with Gasteiger partial charge in [-0.15, -0.1) is 0 Å². The Labute approximate surface area is 134 Å². The van der Waals surface area contributed by atoms with E-state index in [0.717, 1.165) is 5.69 Å². The summed E-state index contributed by atoms with van der Waals surface area (Å²) < 4.78 is 5.23. The van der Waals surface area contributed by atoms with Crippen molar-refractivity contribution in [2.24, 2.45) is 0 Å². The summed E-state index contributed by atoms with van der Waals surface area (Å²) in [5.74, 6) is 0. The largest absolute Gasteiger partial charge is 0.292 e. The maximum atomic E-state index is 12.6. The number of hydrogen-bond acceptors (Lipinski definition) is 4. The lowest BCUT2D eigenvalue weighted by Gasteiger charge is -2.19. The van der Waals surface area contributed by atoms with Gasteiger partial charge in [0, 0.05) is 12.2 Å². The number of rotatable bonds is 3. The van der Waals surface area contributed by atoms with Gasteiger partial charge in [0.15, 0.2) is 5.65 Å². The van der Waals surface area contributed by atoms with Gasteiger partial charge in [0.25, 0.3) is 5.56 Å². The molecule has 0 aliphatic rings. The van der Waals surface area contributed by atoms with E-state index in [-0.39, 0.29) is 11.1 Å². The van der Waals surface area contributed by atoms with E-state index < -0.39 is 0 Å². The molecule has 0 radical (unpaired) electrons. The topological polar surface area (TPSA) is 70.5 Å². The molecular formula is C16H22N6O. The van der Waals surface area contributed by atoms with Crippen molar-refractivity contribution < 1.29 is 0 Å². The molecule has 0 fully saturated rings. The van der Waals surface area contributed by atoms with Crippen LogP contribution in [0.15, 0.2) is 29.6 Å². The second kappa shape index (κ2) is 5.33. The van der Waals surface area contributed by atoms with E-state index in [1.165, 1.54) is 0 Å². The van der Waals surface area contributed by atoms with Crippen molar-refractivity contribution in [1.29, 1.82) is 0 Å². The van der Waals surface area contributed by atoms with Gasteiger partial charge in [0.2, 0.25) is 0 Å². The molecule has 3 aromatic rings. The number of hydrogen-bond donors (Lipinski definition) is 0. The summed E-state index contributed by atoms with van der Waals surface area (Å²) in [5, 5.41) is 9.34. The second-order valence-electron chi connectivity index (χ2n) is 7.02. The Balaban J connectivity index is 1.99. The minimum absolute atomic E-state index is 0.0930. The smallest absolute Gasteiger partial charge is 0.264 e. The molecule has 7 heteroatoms. The Morgan fingerprint density at radius 3 is 2.61 bits per heavy atom. The molecular weight excluding hydrogens is 292 g/mol. The van der Waals surface area contributed by atoms with Gasteiger partial charge in [-0.1, -0.05) is 0 Å². The van der Waals surface area contributed by atoms with Crippen LogP contribution in [0.3, 0.4) is 0 Å². The highest BCUT2D eigenvalue weighted by Gasteiger charge is 2.19. The standard InChI is InChI=1S/C16H22N6O/c1-11(2)21-7-6-12(19-21)9-20-10-17-14-13(15(20)23)8-18-22(14)16(3,4)5/h6-8,10-11H,9H2,1-5H3. The molecule has 0 aliphatic carbocycles. The monoisotopic (exact) mass is 314 g/mol. The van der Waals surface area contributed by atoms with Crippen molar-refractivity contribution in [3.05, 3.63) is 40.8 Å². The molecule has 0 atom stereocenters. The van der Waals surface area contributed by atoms with Crippen LogP contribution in [-0.2, 0) is 12.1 Å². The summed E-state index contributed by atoms with van der Waals surface area (Å²) in [5.41, 5.74) is 1.14. The first kappa shape index (κ1) is 15.5. The Bertz CT molecular complexity index is 893. The SMILES string of the molecule is CC(C)n1ccc(Cn2cnc3c(cnn3C(C)(C)C)c2=O)n1. The van der Waals surface area contributed by atoms with Gasteiger partial charge < -0.3 is 0 Å². The molecule has 3 heterocycles. The predicted octanol–water partition coefficient (Wildman–Crippen LogP) is 2.17. The highest BCUT2D eigenvalue weighted by Crippen LogP contribution is 2.17. The molecule has 122 valence electrons. The van der Waals surface area contributed by atoms with Crippen molar-refractivity contribution in [2.75, 3.05) is 0 Å². The highest BCUT2D eigenvalue weighted by atomic mass is 16.1. The fraction of sp³-hybridized carbons (Fsp3) is 0.500. The molecule has 0 spiro atoms. The van der Waals surface area contributed by atoms with Crippen molar-refractivity contribution in [2.45, 2.75) is 52.7 Å². The first-order valence-electron chi connectivity index (χ1n) is 7.75. The third kappa shape index (κ3) is 2.78. The Morgan fingerprint density at radius 1 is 1.26 bits per heavy atom. The third-order valence-electron chi connectivity index (χ3n) is 3.71. The summed E-state index contributed by atoms with van der Waals surface area (Å²) in [6.07, 6.45) is 5.09. The minimum Gasteiger partial charge on any atom is -0.292 e. The molecule has 0 aromatic carbocycles. The van der Waals surface area contributed by atoms with Gasteiger partial charge in [-0.3, -0.25) is 14.0 Å². The van der Waals surface area contributed by atoms with Crippen LogP contribution in [0.4, 0.5) is 0 Å². The lowest BCUT2D eigenvalue weighted by molar-refractivity contribution is 0.365. The van der Waals surface area contributed by atoms with E-state index in [2.05, 4.69) is 29.0 Å². The fourth-order valence-electron chi connectivity index (χ4n) is 2.48. The van der Waals surface area contributed by atoms with E-state index in [9.17, 15) is 4.79 Å². The Hall–Kier alpha value is -2.44. The first-order valence-corrected chi connectivity index (χ1v) is 7.75. The number of aromatic nitrogens is 6. The molecule has 23 heavy (non-hydrogen) atoms. The van der Waals surface area contributed by atoms with E-state index in [1.807, 2.05) is 37.7 Å². The van der Waals surface area contributed by atoms with Crippen molar-refractivity contribution in [1.82, 2.24) is 29.1 Å². The molecule has 0 N–H and O–H groups in total. The van der Waals surface area contributed by atoms with Gasteiger partial charge in [-0.2, -0.15) is 10.2 Å². The maximum Gasteiger partial charge on any atom is 0.264 e. The summed E-state index contributed by atoms with van der Waals surface area (Å²) in [4.78, 5) is 17.1. The van der Waals surface area contributed by atoms with Gasteiger partial charge >= 0.3 is 0 Å². The van der Waals surface area contributed by atoms with Crippen LogP contribution in [0.25, 0.3) is 11.0 Å². The van der Waals surface area contributed by atoms with E-state index in [0.29, 0.717) is 23.6 Å². The summed E-state index contributed by atoms with van der Waals surface area (Å²) in [6.45, 7) is 10.6. The summed E-state index contributed by atoms with van der Waals surface area (Å²) in [6, 6.07) is 2.22. The lowest BCUT2D eigenvalue weighted by Crippen LogP contribution is -2.25. The minimum atomic E-state index is -0.219. The van der Waals surface area contributed by atoms with Crippen molar-refractivity contribution >= 4 is 11.0 Å². The Morgan fingerprint density at radius 2 is 2.00 bits per heavy atom. The molecule has 0 unspecified atom stereocenters. The van der Waals surface area contributed by atoms with Crippen LogP contribution in [0.2, 0.25) is 0 Å². The quantitative estimate of drug-likeness (QED) is 0.743. The third-order valence-corrected chi connectivity index (χ3v) is 3.71. The molecule has 0 saturated carbocycles. The van der Waals surface area contributed by atoms with Crippen molar-refractivity contribution in [3.8, 4) is 0 Å². The summed E-state index contributed by atoms with van der Waals surface area (Å²) in [7, 11) is 0. The zero-order valence-corrected chi connectivity index (χ0v) is 14.2. The van der Waals surface area contributed by atoms with Crippen LogP contribution in [0, 0.1) is 0 Å². The van der Waals surface area contributed by atoms with Crippen LogP contribution in [0.5, 0.6) is 0 Å². The summed E-state index contributed by atoms with van der Waals surface area (Å²) >= 11 is 0. The molecule has 0 amide bonds. The van der Waals surface area contributed by atoms with Crippen LogP contribution < -0.4 is 5.56 Å². The predicted molar refractivity (Wildman–Crippen MR) is 88.5 cm³/mol. The van der Waals surface area contributed by atoms with Crippen molar-refractivity contribution in [3.63, 3.8) is 0 Å². The maximum absolute atomic E-state index is 12.6. The van der Waals surface area contributed by atoms with Crippen LogP contribution in [0.1, 0.15) is 46.4 Å². The van der Waals surface area contributed by atoms with Gasteiger partial charge in [-0.25, -0.2) is 9.67 Å². The van der Waals surface area contributed by atoms with E-state index in [1.54, 1.807) is 21.8 Å². The van der Waals surface area contributed by atoms with E-state index in [4.69, 9.17) is 0 Å². The molecule has 3 aromatic heterocycles. The van der Waals surface area contributed by atoms with Crippen LogP contribution in [-0.4, -0.2) is 29.1 Å². The first-order chi connectivity index (χ1) is 10.8. The van der Waals surface area contributed by atoms with Crippen LogP contribution >= 0.6 is 0 Å². The molecule has 7 nitrogen and oxygen atoms in total. The zero-order chi connectivity index (χ0) is 16.8. The Kier molecular flexibility index (Phi) is 3.58. The molecule has 0 saturated heterocycles. The number of fused-ring (bicyclic) bond motifs is 1. The number of nitrogens with zero attached hydrogens (tertiary/aromatic N) is 6. The molecule has 0 bridgehead atoms. The highest BCUT2D eigenvalue weighted by molar-refractivity contribution is 5.73. The average molecular weight is 314 g/mol. The zero-order valence-electron chi connectivity index (χ0n) is 14.2. The molecule has 3 rings (SSSR count). The molecule has 0 aliphatic heterocycles. The fourth-order valence-corrected chi connectivity index (χ4v) is 2.48.